The molecule has 0 radical (unpaired) electrons. The van der Waals surface area contributed by atoms with E-state index in [1.165, 1.54) is 11.1 Å². The lowest BCUT2D eigenvalue weighted by Gasteiger charge is -2.40. The van der Waals surface area contributed by atoms with Crippen LogP contribution in [-0.4, -0.2) is 45.6 Å². The van der Waals surface area contributed by atoms with Crippen molar-refractivity contribution in [3.05, 3.63) is 83.7 Å². The number of benzene rings is 2. The highest BCUT2D eigenvalue weighted by molar-refractivity contribution is 5.35. The van der Waals surface area contributed by atoms with E-state index in [4.69, 9.17) is 4.74 Å². The Bertz CT molecular complexity index is 905. The van der Waals surface area contributed by atoms with Gasteiger partial charge in [0.15, 0.2) is 0 Å². The first-order chi connectivity index (χ1) is 14.2. The smallest absolute Gasteiger partial charge is 0.100 e. The molecule has 1 aliphatic rings. The minimum Gasteiger partial charge on any atom is -0.394 e. The summed E-state index contributed by atoms with van der Waals surface area (Å²) >= 11 is 0. The van der Waals surface area contributed by atoms with Gasteiger partial charge in [-0.15, -0.1) is 0 Å². The first-order valence-electron chi connectivity index (χ1n) is 10.3. The highest BCUT2D eigenvalue weighted by atomic mass is 16.5. The van der Waals surface area contributed by atoms with Gasteiger partial charge in [0.25, 0.3) is 0 Å². The molecule has 3 aromatic rings. The molecule has 2 aromatic carbocycles. The first kappa shape index (κ1) is 19.8. The van der Waals surface area contributed by atoms with Crippen LogP contribution in [0, 0.1) is 0 Å². The van der Waals surface area contributed by atoms with Crippen molar-refractivity contribution in [2.75, 3.05) is 19.8 Å². The van der Waals surface area contributed by atoms with Crippen LogP contribution in [-0.2, 0) is 11.3 Å². The van der Waals surface area contributed by atoms with Crippen LogP contribution in [0.1, 0.15) is 42.5 Å². The maximum Gasteiger partial charge on any atom is 0.100 e. The van der Waals surface area contributed by atoms with Crippen LogP contribution in [0.2, 0.25) is 0 Å². The molecule has 5 nitrogen and oxygen atoms in total. The van der Waals surface area contributed by atoms with Crippen molar-refractivity contribution in [2.24, 2.45) is 0 Å². The average Bonchev–Trinajstić information content (AvgIpc) is 3.22. The Morgan fingerprint density at radius 2 is 1.86 bits per heavy atom. The van der Waals surface area contributed by atoms with Crippen molar-refractivity contribution in [3.63, 3.8) is 0 Å². The van der Waals surface area contributed by atoms with Crippen molar-refractivity contribution in [3.8, 4) is 5.69 Å². The number of aromatic nitrogens is 2. The summed E-state index contributed by atoms with van der Waals surface area (Å²) in [5.74, 6) is 0.521. The molecule has 1 N–H and O–H groups in total. The summed E-state index contributed by atoms with van der Waals surface area (Å²) in [6.45, 7) is 6.63. The lowest BCUT2D eigenvalue weighted by molar-refractivity contribution is -0.0960. The molecule has 1 saturated heterocycles. The van der Waals surface area contributed by atoms with Crippen molar-refractivity contribution >= 4 is 0 Å². The molecule has 1 fully saturated rings. The second-order valence-corrected chi connectivity index (χ2v) is 7.96. The first-order valence-corrected chi connectivity index (χ1v) is 10.3. The van der Waals surface area contributed by atoms with Crippen LogP contribution in [0.25, 0.3) is 5.69 Å². The zero-order valence-electron chi connectivity index (χ0n) is 17.1. The normalized spacial score (nSPS) is 20.3. The fourth-order valence-corrected chi connectivity index (χ4v) is 4.02. The summed E-state index contributed by atoms with van der Waals surface area (Å²) in [6, 6.07) is 18.9. The standard InChI is InChI=1S/C24H29N3O2/c1-18(2)20-8-10-22(11-9-20)27-16-19(14-25-27)15-26-12-13-29-23(17-28)24(26)21-6-4-3-5-7-21/h3-11,14,16,18,23-24,28H,12-13,15,17H2,1-2H3/t23-,24-/m1/s1. The summed E-state index contributed by atoms with van der Waals surface area (Å²) in [4.78, 5) is 2.38. The number of aliphatic hydroxyl groups excluding tert-OH is 1. The van der Waals surface area contributed by atoms with Gasteiger partial charge >= 0.3 is 0 Å². The van der Waals surface area contributed by atoms with Gasteiger partial charge in [-0.25, -0.2) is 4.68 Å². The quantitative estimate of drug-likeness (QED) is 0.692. The third-order valence-corrected chi connectivity index (χ3v) is 5.62. The highest BCUT2D eigenvalue weighted by Crippen LogP contribution is 2.31. The molecule has 0 saturated carbocycles. The third kappa shape index (κ3) is 4.42. The molecule has 0 unspecified atom stereocenters. The van der Waals surface area contributed by atoms with Crippen LogP contribution >= 0.6 is 0 Å². The number of nitrogens with zero attached hydrogens (tertiary/aromatic N) is 3. The number of hydrogen-bond donors (Lipinski definition) is 1. The van der Waals surface area contributed by atoms with E-state index in [9.17, 15) is 5.11 Å². The fraction of sp³-hybridized carbons (Fsp3) is 0.375. The fourth-order valence-electron chi connectivity index (χ4n) is 4.02. The molecular weight excluding hydrogens is 362 g/mol. The van der Waals surface area contributed by atoms with E-state index in [0.717, 1.165) is 24.3 Å². The number of morpholine rings is 1. The van der Waals surface area contributed by atoms with Crippen LogP contribution in [0.5, 0.6) is 0 Å². The monoisotopic (exact) mass is 391 g/mol. The largest absolute Gasteiger partial charge is 0.394 e. The number of aliphatic hydroxyl groups is 1. The number of hydrogen-bond acceptors (Lipinski definition) is 4. The molecule has 29 heavy (non-hydrogen) atoms. The van der Waals surface area contributed by atoms with Crippen molar-refractivity contribution < 1.29 is 9.84 Å². The van der Waals surface area contributed by atoms with E-state index < -0.39 is 0 Å². The molecule has 0 spiro atoms. The zero-order chi connectivity index (χ0) is 20.2. The van der Waals surface area contributed by atoms with E-state index in [2.05, 4.69) is 66.4 Å². The number of rotatable bonds is 6. The summed E-state index contributed by atoms with van der Waals surface area (Å²) in [7, 11) is 0. The maximum absolute atomic E-state index is 9.85. The molecule has 2 heterocycles. The lowest BCUT2D eigenvalue weighted by atomic mass is 9.98. The maximum atomic E-state index is 9.85. The highest BCUT2D eigenvalue weighted by Gasteiger charge is 2.33. The Hall–Kier alpha value is -2.47. The predicted molar refractivity (Wildman–Crippen MR) is 114 cm³/mol. The Morgan fingerprint density at radius 1 is 1.10 bits per heavy atom. The topological polar surface area (TPSA) is 50.5 Å². The Kier molecular flexibility index (Phi) is 6.09. The molecule has 5 heteroatoms. The summed E-state index contributed by atoms with van der Waals surface area (Å²) in [5.41, 5.74) is 4.71. The molecule has 0 aliphatic carbocycles. The molecule has 152 valence electrons. The van der Waals surface area contributed by atoms with Gasteiger partial charge in [-0.05, 0) is 29.2 Å². The van der Waals surface area contributed by atoms with E-state index in [0.29, 0.717) is 12.5 Å². The molecule has 1 aromatic heterocycles. The van der Waals surface area contributed by atoms with Crippen molar-refractivity contribution in [1.82, 2.24) is 14.7 Å². The van der Waals surface area contributed by atoms with Crippen molar-refractivity contribution in [1.29, 1.82) is 0 Å². The molecule has 1 aliphatic heterocycles. The minimum absolute atomic E-state index is 0.0114. The molecule has 2 atom stereocenters. The van der Waals surface area contributed by atoms with E-state index in [1.807, 2.05) is 29.1 Å². The van der Waals surface area contributed by atoms with Crippen LogP contribution in [0.3, 0.4) is 0 Å². The van der Waals surface area contributed by atoms with Gasteiger partial charge in [0.05, 0.1) is 31.1 Å². The van der Waals surface area contributed by atoms with Gasteiger partial charge in [0, 0.05) is 24.8 Å². The number of ether oxygens (including phenoxy) is 1. The average molecular weight is 392 g/mol. The molecule has 0 bridgehead atoms. The van der Waals surface area contributed by atoms with Gasteiger partial charge in [0.2, 0.25) is 0 Å². The Balaban J connectivity index is 1.53. The van der Waals surface area contributed by atoms with E-state index in [-0.39, 0.29) is 18.8 Å². The van der Waals surface area contributed by atoms with Gasteiger partial charge < -0.3 is 9.84 Å². The summed E-state index contributed by atoms with van der Waals surface area (Å²) in [6.07, 6.45) is 3.81. The SMILES string of the molecule is CC(C)c1ccc(-n2cc(CN3CCO[C@H](CO)[C@H]3c3ccccc3)cn2)cc1. The third-order valence-electron chi connectivity index (χ3n) is 5.62. The summed E-state index contributed by atoms with van der Waals surface area (Å²) in [5, 5.41) is 14.4. The van der Waals surface area contributed by atoms with E-state index >= 15 is 0 Å². The van der Waals surface area contributed by atoms with Gasteiger partial charge in [0.1, 0.15) is 6.10 Å². The van der Waals surface area contributed by atoms with E-state index in [1.54, 1.807) is 0 Å². The van der Waals surface area contributed by atoms with Crippen LogP contribution < -0.4 is 0 Å². The summed E-state index contributed by atoms with van der Waals surface area (Å²) < 4.78 is 7.79. The molecule has 4 rings (SSSR count). The second kappa shape index (κ2) is 8.91. The minimum atomic E-state index is -0.218. The molecular formula is C24H29N3O2. The predicted octanol–water partition coefficient (Wildman–Crippen LogP) is 3.93. The lowest BCUT2D eigenvalue weighted by Crippen LogP contribution is -2.46. The second-order valence-electron chi connectivity index (χ2n) is 7.96. The van der Waals surface area contributed by atoms with Crippen LogP contribution in [0.15, 0.2) is 67.0 Å². The van der Waals surface area contributed by atoms with Crippen molar-refractivity contribution in [2.45, 2.75) is 38.5 Å². The Morgan fingerprint density at radius 3 is 2.55 bits per heavy atom. The van der Waals surface area contributed by atoms with Gasteiger partial charge in [-0.1, -0.05) is 56.3 Å². The van der Waals surface area contributed by atoms with Crippen LogP contribution in [0.4, 0.5) is 0 Å². The van der Waals surface area contributed by atoms with Gasteiger partial charge in [-0.3, -0.25) is 4.90 Å². The van der Waals surface area contributed by atoms with Gasteiger partial charge in [-0.2, -0.15) is 5.10 Å². The Labute approximate surface area is 172 Å². The zero-order valence-corrected chi connectivity index (χ0v) is 17.1. The molecule has 0 amide bonds.